The summed E-state index contributed by atoms with van der Waals surface area (Å²) in [6.45, 7) is 3.28. The molecule has 1 aromatic carbocycles. The van der Waals surface area contributed by atoms with E-state index < -0.39 is 33.1 Å². The van der Waals surface area contributed by atoms with Crippen LogP contribution < -0.4 is 20.7 Å². The third-order valence-electron chi connectivity index (χ3n) is 4.59. The number of hydrogen-bond donors (Lipinski definition) is 4. The molecule has 1 aromatic heterocycles. The number of carbonyl (C=O) groups is 1. The maximum atomic E-state index is 13.4. The van der Waals surface area contributed by atoms with E-state index in [1.165, 1.54) is 0 Å². The fourth-order valence-corrected chi connectivity index (χ4v) is 4.36. The monoisotopic (exact) mass is 472 g/mol. The summed E-state index contributed by atoms with van der Waals surface area (Å²) < 4.78 is 65.5. The summed E-state index contributed by atoms with van der Waals surface area (Å²) in [6, 6.07) is 5.05. The number of hydrogen-bond acceptors (Lipinski definition) is 7. The van der Waals surface area contributed by atoms with Gasteiger partial charge in [-0.25, -0.2) is 18.1 Å². The highest BCUT2D eigenvalue weighted by Gasteiger charge is 2.35. The lowest BCUT2D eigenvalue weighted by molar-refractivity contribution is -0.137. The maximum Gasteiger partial charge on any atom is 0.421 e. The molecule has 1 aliphatic rings. The Balaban J connectivity index is 1.77. The van der Waals surface area contributed by atoms with Crippen molar-refractivity contribution in [2.45, 2.75) is 38.4 Å². The van der Waals surface area contributed by atoms with Crippen LogP contribution in [0.2, 0.25) is 0 Å². The summed E-state index contributed by atoms with van der Waals surface area (Å²) in [4.78, 5) is 19.2. The first-order valence-electron chi connectivity index (χ1n) is 9.59. The van der Waals surface area contributed by atoms with Gasteiger partial charge in [0.15, 0.2) is 0 Å². The van der Waals surface area contributed by atoms with Gasteiger partial charge < -0.3 is 16.0 Å². The third kappa shape index (κ3) is 6.29. The number of amides is 1. The number of sulfonamides is 1. The van der Waals surface area contributed by atoms with Gasteiger partial charge in [-0.1, -0.05) is 6.07 Å². The molecule has 3 rings (SSSR count). The van der Waals surface area contributed by atoms with Crippen LogP contribution in [0.15, 0.2) is 24.4 Å². The molecule has 0 bridgehead atoms. The zero-order valence-corrected chi connectivity index (χ0v) is 18.4. The van der Waals surface area contributed by atoms with Gasteiger partial charge >= 0.3 is 6.18 Å². The second-order valence-corrected chi connectivity index (χ2v) is 9.86. The highest BCUT2D eigenvalue weighted by Crippen LogP contribution is 2.34. The van der Waals surface area contributed by atoms with Gasteiger partial charge in [-0.05, 0) is 38.0 Å². The van der Waals surface area contributed by atoms with Crippen LogP contribution in [-0.2, 0) is 27.4 Å². The average Bonchev–Trinajstić information content (AvgIpc) is 2.98. The predicted molar refractivity (Wildman–Crippen MR) is 114 cm³/mol. The summed E-state index contributed by atoms with van der Waals surface area (Å²) >= 11 is 0. The number of nitrogens with zero attached hydrogens (tertiary/aromatic N) is 2. The van der Waals surface area contributed by atoms with E-state index in [9.17, 15) is 26.4 Å². The van der Waals surface area contributed by atoms with Crippen molar-refractivity contribution in [3.8, 4) is 0 Å². The fourth-order valence-electron chi connectivity index (χ4n) is 3.25. The van der Waals surface area contributed by atoms with Crippen molar-refractivity contribution in [2.24, 2.45) is 0 Å². The molecule has 2 aromatic rings. The summed E-state index contributed by atoms with van der Waals surface area (Å²) in [5, 5.41) is 8.16. The quantitative estimate of drug-likeness (QED) is 0.466. The molecule has 0 radical (unpaired) electrons. The van der Waals surface area contributed by atoms with Gasteiger partial charge in [0.25, 0.3) is 0 Å². The molecule has 0 spiro atoms. The number of rotatable bonds is 8. The molecule has 9 nitrogen and oxygen atoms in total. The molecular weight excluding hydrogens is 449 g/mol. The van der Waals surface area contributed by atoms with Gasteiger partial charge in [0.05, 0.1) is 12.7 Å². The average molecular weight is 472 g/mol. The molecule has 0 atom stereocenters. The number of anilines is 4. The van der Waals surface area contributed by atoms with E-state index in [4.69, 9.17) is 0 Å². The van der Waals surface area contributed by atoms with Crippen LogP contribution >= 0.6 is 0 Å². The maximum absolute atomic E-state index is 13.4. The largest absolute Gasteiger partial charge is 0.421 e. The molecule has 1 aliphatic heterocycles. The van der Waals surface area contributed by atoms with Crippen molar-refractivity contribution < 1.29 is 26.4 Å². The molecule has 32 heavy (non-hydrogen) atoms. The zero-order chi connectivity index (χ0) is 23.7. The van der Waals surface area contributed by atoms with Crippen molar-refractivity contribution in [1.82, 2.24) is 14.7 Å². The molecule has 1 amide bonds. The Morgan fingerprint density at radius 3 is 2.59 bits per heavy atom. The SMILES string of the molecule is CC(C)(CCNc1nc(Nc2ccc3c(c2)NC(=O)C3)ncc1C(F)(F)F)NS(C)(=O)=O. The Morgan fingerprint density at radius 2 is 1.94 bits per heavy atom. The van der Waals surface area contributed by atoms with Crippen LogP contribution in [0.1, 0.15) is 31.4 Å². The molecule has 0 saturated heterocycles. The van der Waals surface area contributed by atoms with E-state index in [1.807, 2.05) is 0 Å². The van der Waals surface area contributed by atoms with Gasteiger partial charge in [-0.3, -0.25) is 4.79 Å². The van der Waals surface area contributed by atoms with Crippen molar-refractivity contribution in [3.63, 3.8) is 0 Å². The Labute approximate surface area is 183 Å². The summed E-state index contributed by atoms with van der Waals surface area (Å²) in [6.07, 6.45) is -2.53. The van der Waals surface area contributed by atoms with E-state index in [1.54, 1.807) is 32.0 Å². The molecule has 174 valence electrons. The minimum absolute atomic E-state index is 0.0277. The lowest BCUT2D eigenvalue weighted by Gasteiger charge is -2.25. The van der Waals surface area contributed by atoms with Crippen molar-refractivity contribution in [3.05, 3.63) is 35.5 Å². The number of carbonyl (C=O) groups excluding carboxylic acids is 1. The molecule has 2 heterocycles. The Bertz CT molecular complexity index is 1140. The van der Waals surface area contributed by atoms with Gasteiger partial charge in [-0.15, -0.1) is 0 Å². The van der Waals surface area contributed by atoms with Crippen LogP contribution in [-0.4, -0.2) is 42.6 Å². The van der Waals surface area contributed by atoms with E-state index >= 15 is 0 Å². The summed E-state index contributed by atoms with van der Waals surface area (Å²) in [7, 11) is -3.48. The van der Waals surface area contributed by atoms with E-state index in [0.717, 1.165) is 11.8 Å². The lowest BCUT2D eigenvalue weighted by atomic mass is 10.0. The Kier molecular flexibility index (Phi) is 6.33. The fraction of sp³-hybridized carbons (Fsp3) is 0.421. The minimum atomic E-state index is -4.68. The molecular formula is C19H23F3N6O3S. The second-order valence-electron chi connectivity index (χ2n) is 8.11. The van der Waals surface area contributed by atoms with Gasteiger partial charge in [0.1, 0.15) is 11.4 Å². The van der Waals surface area contributed by atoms with Crippen molar-refractivity contribution >= 4 is 39.1 Å². The van der Waals surface area contributed by atoms with Crippen LogP contribution in [0.3, 0.4) is 0 Å². The Morgan fingerprint density at radius 1 is 1.22 bits per heavy atom. The standard InChI is InChI=1S/C19H23F3N6O3S/c1-18(2,28-32(3,30)31)6-7-23-16-13(19(20,21)22)10-24-17(27-16)25-12-5-4-11-8-15(29)26-14(11)9-12/h4-5,9-10,28H,6-8H2,1-3H3,(H,26,29)(H2,23,24,25,27). The normalized spacial score (nSPS) is 14.1. The Hall–Kier alpha value is -2.93. The number of nitrogens with one attached hydrogen (secondary N) is 4. The predicted octanol–water partition coefficient (Wildman–Crippen LogP) is 2.86. The van der Waals surface area contributed by atoms with Crippen LogP contribution in [0.25, 0.3) is 0 Å². The first kappa shape index (κ1) is 23.7. The highest BCUT2D eigenvalue weighted by molar-refractivity contribution is 7.88. The summed E-state index contributed by atoms with van der Waals surface area (Å²) in [5.74, 6) is -0.638. The second kappa shape index (κ2) is 8.54. The zero-order valence-electron chi connectivity index (χ0n) is 17.6. The molecule has 0 aliphatic carbocycles. The number of aromatic nitrogens is 2. The first-order valence-corrected chi connectivity index (χ1v) is 11.5. The van der Waals surface area contributed by atoms with Gasteiger partial charge in [0, 0.05) is 29.7 Å². The number of benzene rings is 1. The van der Waals surface area contributed by atoms with E-state index in [0.29, 0.717) is 17.6 Å². The third-order valence-corrected chi connectivity index (χ3v) is 5.51. The number of fused-ring (bicyclic) bond motifs is 1. The first-order chi connectivity index (χ1) is 14.7. The van der Waals surface area contributed by atoms with Crippen molar-refractivity contribution in [2.75, 3.05) is 28.8 Å². The lowest BCUT2D eigenvalue weighted by Crippen LogP contribution is -2.44. The summed E-state index contributed by atoms with van der Waals surface area (Å²) in [5.41, 5.74) is 0.0165. The van der Waals surface area contributed by atoms with E-state index in [2.05, 4.69) is 30.6 Å². The molecule has 4 N–H and O–H groups in total. The van der Waals surface area contributed by atoms with Crippen LogP contribution in [0, 0.1) is 0 Å². The smallest absolute Gasteiger partial charge is 0.369 e. The molecule has 0 unspecified atom stereocenters. The molecule has 0 fully saturated rings. The molecule has 0 saturated carbocycles. The number of halogens is 3. The molecule has 13 heteroatoms. The van der Waals surface area contributed by atoms with Crippen LogP contribution in [0.5, 0.6) is 0 Å². The topological polar surface area (TPSA) is 125 Å². The van der Waals surface area contributed by atoms with Crippen LogP contribution in [0.4, 0.5) is 36.3 Å². The van der Waals surface area contributed by atoms with Gasteiger partial charge in [0.2, 0.25) is 21.9 Å². The minimum Gasteiger partial charge on any atom is -0.369 e. The van der Waals surface area contributed by atoms with E-state index in [-0.39, 0.29) is 31.2 Å². The van der Waals surface area contributed by atoms with Crippen molar-refractivity contribution in [1.29, 1.82) is 0 Å². The van der Waals surface area contributed by atoms with Gasteiger partial charge in [-0.2, -0.15) is 18.2 Å². The highest BCUT2D eigenvalue weighted by atomic mass is 32.2. The number of alkyl halides is 3.